The van der Waals surface area contributed by atoms with E-state index in [1.807, 2.05) is 30.0 Å². The monoisotopic (exact) mass is 321 g/mol. The zero-order valence-electron chi connectivity index (χ0n) is 13.8. The maximum Gasteiger partial charge on any atom is 0.253 e. The molecule has 0 unspecified atom stereocenters. The fourth-order valence-electron chi connectivity index (χ4n) is 4.72. The molecule has 1 aromatic rings. The number of hydrogen-bond donors (Lipinski definition) is 0. The lowest BCUT2D eigenvalue weighted by atomic mass is 9.48. The summed E-state index contributed by atoms with van der Waals surface area (Å²) >= 11 is 6.06. The molecule has 0 spiro atoms. The van der Waals surface area contributed by atoms with Crippen LogP contribution in [-0.4, -0.2) is 37.6 Å². The Bertz CT molecular complexity index is 613. The Hall–Kier alpha value is -1.06. The van der Waals surface area contributed by atoms with Crippen LogP contribution in [0.4, 0.5) is 0 Å². The van der Waals surface area contributed by atoms with Gasteiger partial charge in [-0.15, -0.1) is 0 Å². The van der Waals surface area contributed by atoms with Crippen molar-refractivity contribution in [1.29, 1.82) is 0 Å². The minimum atomic E-state index is 0.112. The van der Waals surface area contributed by atoms with Gasteiger partial charge in [0, 0.05) is 36.2 Å². The summed E-state index contributed by atoms with van der Waals surface area (Å²) in [5, 5.41) is 0.704. The zero-order chi connectivity index (χ0) is 16.1. The lowest BCUT2D eigenvalue weighted by Crippen LogP contribution is -2.55. The maximum absolute atomic E-state index is 12.8. The third-order valence-electron chi connectivity index (χ3n) is 5.52. The number of methoxy groups -OCH3 is 1. The molecule has 0 aromatic heterocycles. The highest BCUT2D eigenvalue weighted by molar-refractivity contribution is 6.31. The van der Waals surface area contributed by atoms with Gasteiger partial charge in [-0.3, -0.25) is 4.79 Å². The van der Waals surface area contributed by atoms with Crippen molar-refractivity contribution >= 4 is 17.5 Å². The number of carbonyl (C=O) groups is 1. The first-order valence-electron chi connectivity index (χ1n) is 7.83. The van der Waals surface area contributed by atoms with Crippen molar-refractivity contribution in [2.24, 2.45) is 16.7 Å². The average Bonchev–Trinajstić information content (AvgIpc) is 2.76. The first kappa shape index (κ1) is 15.8. The molecule has 3 rings (SSSR count). The predicted octanol–water partition coefficient (Wildman–Crippen LogP) is 3.78. The number of aryl methyl sites for hydroxylation is 1. The highest BCUT2D eigenvalue weighted by Gasteiger charge is 2.63. The molecule has 2 fully saturated rings. The molecular formula is C18H24ClNO2. The molecule has 0 N–H and O–H groups in total. The Morgan fingerprint density at radius 1 is 1.45 bits per heavy atom. The summed E-state index contributed by atoms with van der Waals surface area (Å²) in [4.78, 5) is 14.8. The van der Waals surface area contributed by atoms with Gasteiger partial charge in [-0.05, 0) is 48.4 Å². The molecular weight excluding hydrogens is 298 g/mol. The van der Waals surface area contributed by atoms with Crippen LogP contribution in [0.3, 0.4) is 0 Å². The van der Waals surface area contributed by atoms with Crippen molar-refractivity contribution in [1.82, 2.24) is 4.90 Å². The number of hydrogen-bond acceptors (Lipinski definition) is 2. The van der Waals surface area contributed by atoms with E-state index in [1.54, 1.807) is 7.11 Å². The Morgan fingerprint density at radius 3 is 2.77 bits per heavy atom. The number of rotatable bonds is 3. The molecule has 120 valence electrons. The number of amides is 1. The standard InChI is InChI=1S/C18H24ClNO2/c1-12-7-13(5-6-14(12)19)16(21)20-8-15-17(2,3)9-18(15,10-20)11-22-4/h5-7,15H,8-11H2,1-4H3/t15-,18-/m1/s1. The van der Waals surface area contributed by atoms with Crippen LogP contribution in [0.25, 0.3) is 0 Å². The van der Waals surface area contributed by atoms with E-state index < -0.39 is 0 Å². The first-order valence-corrected chi connectivity index (χ1v) is 8.21. The molecule has 22 heavy (non-hydrogen) atoms. The van der Waals surface area contributed by atoms with Crippen molar-refractivity contribution in [3.05, 3.63) is 34.3 Å². The lowest BCUT2D eigenvalue weighted by molar-refractivity contribution is -0.107. The second-order valence-electron chi connectivity index (χ2n) is 7.66. The van der Waals surface area contributed by atoms with Gasteiger partial charge in [-0.2, -0.15) is 0 Å². The summed E-state index contributed by atoms with van der Waals surface area (Å²) in [7, 11) is 1.75. The van der Waals surface area contributed by atoms with Crippen LogP contribution in [0.2, 0.25) is 5.02 Å². The average molecular weight is 322 g/mol. The summed E-state index contributed by atoms with van der Waals surface area (Å²) in [6.45, 7) is 8.90. The van der Waals surface area contributed by atoms with E-state index in [0.29, 0.717) is 16.4 Å². The summed E-state index contributed by atoms with van der Waals surface area (Å²) in [5.41, 5.74) is 2.12. The molecule has 2 atom stereocenters. The molecule has 1 amide bonds. The molecule has 4 heteroatoms. The van der Waals surface area contributed by atoms with Gasteiger partial charge in [-0.25, -0.2) is 0 Å². The molecule has 1 aliphatic carbocycles. The van der Waals surface area contributed by atoms with Crippen LogP contribution in [0.1, 0.15) is 36.2 Å². The minimum Gasteiger partial charge on any atom is -0.384 e. The van der Waals surface area contributed by atoms with Gasteiger partial charge in [0.1, 0.15) is 0 Å². The number of halogens is 1. The highest BCUT2D eigenvalue weighted by Crippen LogP contribution is 2.62. The van der Waals surface area contributed by atoms with Gasteiger partial charge in [0.2, 0.25) is 0 Å². The van der Waals surface area contributed by atoms with Gasteiger partial charge < -0.3 is 9.64 Å². The van der Waals surface area contributed by atoms with E-state index >= 15 is 0 Å². The van der Waals surface area contributed by atoms with Crippen molar-refractivity contribution in [2.75, 3.05) is 26.8 Å². The number of benzene rings is 1. The Kier molecular flexibility index (Phi) is 3.77. The zero-order valence-corrected chi connectivity index (χ0v) is 14.5. The molecule has 3 nitrogen and oxygen atoms in total. The van der Waals surface area contributed by atoms with Crippen LogP contribution in [0, 0.1) is 23.7 Å². The second-order valence-corrected chi connectivity index (χ2v) is 8.07. The highest BCUT2D eigenvalue weighted by atomic mass is 35.5. The van der Waals surface area contributed by atoms with E-state index in [2.05, 4.69) is 13.8 Å². The summed E-state index contributed by atoms with van der Waals surface area (Å²) in [6, 6.07) is 5.52. The van der Waals surface area contributed by atoms with Crippen LogP contribution in [0.15, 0.2) is 18.2 Å². The van der Waals surface area contributed by atoms with Gasteiger partial charge >= 0.3 is 0 Å². The maximum atomic E-state index is 12.8. The van der Waals surface area contributed by atoms with E-state index in [9.17, 15) is 4.79 Å². The van der Waals surface area contributed by atoms with Crippen molar-refractivity contribution in [2.45, 2.75) is 27.2 Å². The van der Waals surface area contributed by atoms with Crippen LogP contribution < -0.4 is 0 Å². The molecule has 0 bridgehead atoms. The number of likely N-dealkylation sites (tertiary alicyclic amines) is 1. The number of fused-ring (bicyclic) bond motifs is 1. The molecule has 1 saturated heterocycles. The van der Waals surface area contributed by atoms with Crippen LogP contribution in [0.5, 0.6) is 0 Å². The summed E-state index contributed by atoms with van der Waals surface area (Å²) in [6.07, 6.45) is 1.13. The molecule has 1 heterocycles. The fraction of sp³-hybridized carbons (Fsp3) is 0.611. The number of carbonyl (C=O) groups excluding carboxylic acids is 1. The van der Waals surface area contributed by atoms with Gasteiger partial charge in [0.05, 0.1) is 6.61 Å². The normalized spacial score (nSPS) is 29.1. The third kappa shape index (κ3) is 2.35. The Balaban J connectivity index is 1.82. The fourth-order valence-corrected chi connectivity index (χ4v) is 4.84. The van der Waals surface area contributed by atoms with E-state index in [4.69, 9.17) is 16.3 Å². The third-order valence-corrected chi connectivity index (χ3v) is 5.95. The van der Waals surface area contributed by atoms with E-state index in [1.165, 1.54) is 0 Å². The SMILES string of the molecule is COC[C@@]12CN(C(=O)c3ccc(Cl)c(C)c3)C[C@@H]1C(C)(C)C2. The largest absolute Gasteiger partial charge is 0.384 e. The van der Waals surface area contributed by atoms with Gasteiger partial charge in [-0.1, -0.05) is 25.4 Å². The molecule has 1 aliphatic heterocycles. The summed E-state index contributed by atoms with van der Waals surface area (Å²) < 4.78 is 5.46. The minimum absolute atomic E-state index is 0.112. The Morgan fingerprint density at radius 2 is 2.18 bits per heavy atom. The van der Waals surface area contributed by atoms with Crippen molar-refractivity contribution < 1.29 is 9.53 Å². The predicted molar refractivity (Wildman–Crippen MR) is 88.3 cm³/mol. The number of nitrogens with zero attached hydrogens (tertiary/aromatic N) is 1. The molecule has 1 saturated carbocycles. The lowest BCUT2D eigenvalue weighted by Gasteiger charge is -2.56. The first-order chi connectivity index (χ1) is 10.3. The van der Waals surface area contributed by atoms with Gasteiger partial charge in [0.15, 0.2) is 0 Å². The Labute approximate surface area is 137 Å². The summed E-state index contributed by atoms with van der Waals surface area (Å²) in [5.74, 6) is 0.637. The molecule has 2 aliphatic rings. The van der Waals surface area contributed by atoms with Crippen molar-refractivity contribution in [3.8, 4) is 0 Å². The van der Waals surface area contributed by atoms with Crippen LogP contribution >= 0.6 is 11.6 Å². The second kappa shape index (κ2) is 5.24. The van der Waals surface area contributed by atoms with Gasteiger partial charge in [0.25, 0.3) is 5.91 Å². The molecule has 0 radical (unpaired) electrons. The quantitative estimate of drug-likeness (QED) is 0.848. The topological polar surface area (TPSA) is 29.5 Å². The smallest absolute Gasteiger partial charge is 0.253 e. The van der Waals surface area contributed by atoms with E-state index in [0.717, 1.165) is 37.2 Å². The van der Waals surface area contributed by atoms with Crippen molar-refractivity contribution in [3.63, 3.8) is 0 Å². The molecule has 1 aromatic carbocycles. The van der Waals surface area contributed by atoms with E-state index in [-0.39, 0.29) is 11.3 Å². The van der Waals surface area contributed by atoms with Crippen LogP contribution in [-0.2, 0) is 4.74 Å². The number of ether oxygens (including phenoxy) is 1.